The molecule has 0 spiro atoms. The minimum atomic E-state index is -1.64. The van der Waals surface area contributed by atoms with Gasteiger partial charge >= 0.3 is 11.9 Å². The third-order valence-electron chi connectivity index (χ3n) is 13.0. The van der Waals surface area contributed by atoms with Crippen molar-refractivity contribution in [3.8, 4) is 0 Å². The summed E-state index contributed by atoms with van der Waals surface area (Å²) in [4.78, 5) is 37.4. The van der Waals surface area contributed by atoms with Crippen molar-refractivity contribution in [1.82, 2.24) is 0 Å². The van der Waals surface area contributed by atoms with E-state index in [4.69, 9.17) is 18.9 Å². The highest BCUT2D eigenvalue weighted by Crippen LogP contribution is 2.14. The first-order valence-electron chi connectivity index (χ1n) is 32.3. The molecule has 0 amide bonds. The van der Waals surface area contributed by atoms with E-state index >= 15 is 0 Å². The standard InChI is InChI=1S/C74H117NO8/c1-6-8-10-12-14-16-18-20-22-24-26-28-30-32-33-34-35-36-37-38-39-41-43-45-47-49-51-53-55-57-59-61-63-65-72(77)83-70(69-82-74(73(78)79)80-67-66-75(3,4)5)68-81-71(76)64-62-60-58-56-54-52-50-48-46-44-42-40-31-29-27-25-23-21-19-17-15-13-11-9-7-2/h8-11,14-17,20-23,26-29,32-33,35-36,38-40,42-43,45,49,51,70,74H,6-7,12-13,18-19,24-25,30-31,34,37,41,44,46-48,50,52-69H2,1-5H3/b10-8-,11-9-,16-14-,17-15-,22-20-,23-21-,28-26-,29-27-,33-32-,36-35-,39-38-,42-40-,45-43-,51-49-. The number of carbonyl (C=O) groups excluding carboxylic acids is 3. The van der Waals surface area contributed by atoms with Crippen molar-refractivity contribution in [3.63, 3.8) is 0 Å². The van der Waals surface area contributed by atoms with Crippen molar-refractivity contribution in [2.45, 2.75) is 232 Å². The molecule has 0 aromatic carbocycles. The molecule has 0 aromatic heterocycles. The number of ether oxygens (including phenoxy) is 4. The predicted molar refractivity (Wildman–Crippen MR) is 351 cm³/mol. The summed E-state index contributed by atoms with van der Waals surface area (Å²) in [5.74, 6) is -2.34. The molecule has 0 saturated carbocycles. The lowest BCUT2D eigenvalue weighted by Crippen LogP contribution is -2.44. The van der Waals surface area contributed by atoms with E-state index in [2.05, 4.69) is 184 Å². The van der Waals surface area contributed by atoms with Crippen LogP contribution in [0.25, 0.3) is 0 Å². The Kier molecular flexibility index (Phi) is 58.6. The van der Waals surface area contributed by atoms with Crippen molar-refractivity contribution in [3.05, 3.63) is 170 Å². The van der Waals surface area contributed by atoms with Gasteiger partial charge in [-0.1, -0.05) is 248 Å². The Morgan fingerprint density at radius 3 is 0.964 bits per heavy atom. The zero-order valence-corrected chi connectivity index (χ0v) is 53.0. The SMILES string of the molecule is CC/C=C\C/C=C\C/C=C\C/C=C\C/C=C\C/C=C\C/C=C\C/C=C\C/C=C\CCCCCCCC(=O)OC(COC(=O)CCCCCCCCCCC/C=C\C/C=C\C/C=C\C/C=C\C/C=C\CC)COC(OCC[N+](C)(C)C)C(=O)[O-]. The molecule has 0 radical (unpaired) electrons. The molecular formula is C74H117NO8. The van der Waals surface area contributed by atoms with Crippen molar-refractivity contribution in [2.24, 2.45) is 0 Å². The lowest BCUT2D eigenvalue weighted by Gasteiger charge is -2.26. The number of quaternary nitrogens is 1. The van der Waals surface area contributed by atoms with Crippen LogP contribution >= 0.6 is 0 Å². The van der Waals surface area contributed by atoms with Gasteiger partial charge in [0.2, 0.25) is 0 Å². The second-order valence-corrected chi connectivity index (χ2v) is 21.9. The molecule has 0 aromatic rings. The van der Waals surface area contributed by atoms with Gasteiger partial charge in [-0.15, -0.1) is 0 Å². The normalized spacial score (nSPS) is 13.9. The summed E-state index contributed by atoms with van der Waals surface area (Å²) in [6.45, 7) is 4.47. The van der Waals surface area contributed by atoms with Gasteiger partial charge in [-0.2, -0.15) is 0 Å². The number of esters is 2. The second-order valence-electron chi connectivity index (χ2n) is 21.9. The first-order valence-corrected chi connectivity index (χ1v) is 32.3. The van der Waals surface area contributed by atoms with Gasteiger partial charge in [0, 0.05) is 12.8 Å². The van der Waals surface area contributed by atoms with Gasteiger partial charge in [-0.3, -0.25) is 9.59 Å². The average molecular weight is 1150 g/mol. The zero-order chi connectivity index (χ0) is 60.5. The fraction of sp³-hybridized carbons (Fsp3) is 0.581. The van der Waals surface area contributed by atoms with Gasteiger partial charge in [0.05, 0.1) is 40.3 Å². The largest absolute Gasteiger partial charge is 0.545 e. The van der Waals surface area contributed by atoms with E-state index in [-0.39, 0.29) is 38.6 Å². The molecule has 83 heavy (non-hydrogen) atoms. The number of allylic oxidation sites excluding steroid dienone is 28. The first kappa shape index (κ1) is 77.7. The summed E-state index contributed by atoms with van der Waals surface area (Å²) in [5, 5.41) is 11.8. The number of nitrogens with zero attached hydrogens (tertiary/aromatic N) is 1. The molecule has 0 N–H and O–H groups in total. The van der Waals surface area contributed by atoms with E-state index in [0.717, 1.165) is 154 Å². The highest BCUT2D eigenvalue weighted by atomic mass is 16.7. The lowest BCUT2D eigenvalue weighted by molar-refractivity contribution is -0.870. The van der Waals surface area contributed by atoms with Crippen LogP contribution in [0.3, 0.4) is 0 Å². The van der Waals surface area contributed by atoms with Crippen LogP contribution in [-0.2, 0) is 33.3 Å². The molecule has 0 saturated heterocycles. The van der Waals surface area contributed by atoms with Crippen LogP contribution < -0.4 is 5.11 Å². The zero-order valence-electron chi connectivity index (χ0n) is 53.0. The molecule has 466 valence electrons. The molecular weight excluding hydrogens is 1030 g/mol. The molecule has 0 fully saturated rings. The molecule has 0 heterocycles. The summed E-state index contributed by atoms with van der Waals surface area (Å²) < 4.78 is 22.7. The summed E-state index contributed by atoms with van der Waals surface area (Å²) >= 11 is 0. The molecule has 0 aliphatic heterocycles. The summed E-state index contributed by atoms with van der Waals surface area (Å²) in [5.41, 5.74) is 0. The van der Waals surface area contributed by atoms with Crippen molar-refractivity contribution >= 4 is 17.9 Å². The fourth-order valence-electron chi connectivity index (χ4n) is 8.08. The van der Waals surface area contributed by atoms with Crippen LogP contribution in [-0.4, -0.2) is 82.3 Å². The number of unbranched alkanes of at least 4 members (excludes halogenated alkanes) is 14. The lowest BCUT2D eigenvalue weighted by atomic mass is 10.1. The topological polar surface area (TPSA) is 111 Å². The highest BCUT2D eigenvalue weighted by Gasteiger charge is 2.22. The first-order chi connectivity index (χ1) is 40.6. The van der Waals surface area contributed by atoms with Gasteiger partial charge < -0.3 is 33.3 Å². The minimum absolute atomic E-state index is 0.132. The Labute approximate surface area is 507 Å². The molecule has 0 rings (SSSR count). The van der Waals surface area contributed by atoms with E-state index in [1.807, 2.05) is 21.1 Å². The molecule has 9 heteroatoms. The van der Waals surface area contributed by atoms with E-state index in [9.17, 15) is 19.5 Å². The quantitative estimate of drug-likeness (QED) is 0.0195. The highest BCUT2D eigenvalue weighted by molar-refractivity contribution is 5.70. The van der Waals surface area contributed by atoms with Gasteiger partial charge in [-0.25, -0.2) is 0 Å². The number of carbonyl (C=O) groups is 3. The number of rotatable bonds is 57. The molecule has 0 aliphatic rings. The van der Waals surface area contributed by atoms with Crippen LogP contribution in [0, 0.1) is 0 Å². The predicted octanol–water partition coefficient (Wildman–Crippen LogP) is 18.6. The van der Waals surface area contributed by atoms with Crippen LogP contribution in [0.1, 0.15) is 219 Å². The Bertz CT molecular complexity index is 1960. The van der Waals surface area contributed by atoms with E-state index < -0.39 is 24.3 Å². The van der Waals surface area contributed by atoms with Gasteiger partial charge in [0.15, 0.2) is 12.4 Å². The monoisotopic (exact) mass is 1150 g/mol. The Hall–Kier alpha value is -5.35. The van der Waals surface area contributed by atoms with Crippen molar-refractivity contribution in [2.75, 3.05) is 47.5 Å². The molecule has 0 bridgehead atoms. The Balaban J connectivity index is 4.31. The van der Waals surface area contributed by atoms with Crippen molar-refractivity contribution in [1.29, 1.82) is 0 Å². The fourth-order valence-corrected chi connectivity index (χ4v) is 8.08. The number of carboxylic acids is 1. The van der Waals surface area contributed by atoms with Gasteiger partial charge in [0.25, 0.3) is 0 Å². The molecule has 0 aliphatic carbocycles. The number of likely N-dealkylation sites (N-methyl/N-ethyl adjacent to an activating group) is 1. The maximum Gasteiger partial charge on any atom is 0.306 e. The third kappa shape index (κ3) is 64.1. The summed E-state index contributed by atoms with van der Waals surface area (Å²) in [6, 6.07) is 0. The minimum Gasteiger partial charge on any atom is -0.545 e. The summed E-state index contributed by atoms with van der Waals surface area (Å²) in [7, 11) is 5.90. The molecule has 2 unspecified atom stereocenters. The number of carboxylic acid groups (broad SMARTS) is 1. The molecule has 2 atom stereocenters. The van der Waals surface area contributed by atoms with Crippen LogP contribution in [0.15, 0.2) is 170 Å². The Morgan fingerprint density at radius 2 is 0.651 bits per heavy atom. The van der Waals surface area contributed by atoms with E-state index in [1.165, 1.54) is 32.1 Å². The average Bonchev–Trinajstić information content (AvgIpc) is 3.46. The van der Waals surface area contributed by atoms with Crippen molar-refractivity contribution < 1.29 is 42.9 Å². The van der Waals surface area contributed by atoms with Crippen LogP contribution in [0.2, 0.25) is 0 Å². The van der Waals surface area contributed by atoms with Crippen LogP contribution in [0.4, 0.5) is 0 Å². The van der Waals surface area contributed by atoms with E-state index in [1.54, 1.807) is 0 Å². The van der Waals surface area contributed by atoms with Gasteiger partial charge in [0.1, 0.15) is 13.2 Å². The smallest absolute Gasteiger partial charge is 0.306 e. The van der Waals surface area contributed by atoms with Gasteiger partial charge in [-0.05, 0) is 128 Å². The number of aliphatic carboxylic acids is 1. The molecule has 9 nitrogen and oxygen atoms in total. The number of hydrogen-bond acceptors (Lipinski definition) is 8. The maximum absolute atomic E-state index is 12.9. The Morgan fingerprint density at radius 1 is 0.361 bits per heavy atom. The maximum atomic E-state index is 12.9. The third-order valence-corrected chi connectivity index (χ3v) is 13.0. The second kappa shape index (κ2) is 62.7. The summed E-state index contributed by atoms with van der Waals surface area (Å²) in [6.07, 6.45) is 91.2. The number of hydrogen-bond donors (Lipinski definition) is 0. The van der Waals surface area contributed by atoms with Crippen LogP contribution in [0.5, 0.6) is 0 Å². The van der Waals surface area contributed by atoms with E-state index in [0.29, 0.717) is 17.4 Å².